The summed E-state index contributed by atoms with van der Waals surface area (Å²) >= 11 is 0. The third kappa shape index (κ3) is 1.97. The van der Waals surface area contributed by atoms with Gasteiger partial charge in [-0.15, -0.1) is 0 Å². The van der Waals surface area contributed by atoms with Gasteiger partial charge >= 0.3 is 0 Å². The molecular formula is C10H12FNO. The molecule has 1 aliphatic rings. The summed E-state index contributed by atoms with van der Waals surface area (Å²) in [6.07, 6.45) is 7.51. The lowest BCUT2D eigenvalue weighted by Gasteiger charge is -2.12. The predicted octanol–water partition coefficient (Wildman–Crippen LogP) is 2.54. The van der Waals surface area contributed by atoms with Gasteiger partial charge in [0.2, 0.25) is 0 Å². The minimum absolute atomic E-state index is 0.193. The summed E-state index contributed by atoms with van der Waals surface area (Å²) in [6.45, 7) is 0. The predicted molar refractivity (Wildman–Crippen MR) is 47.1 cm³/mol. The Bertz CT molecular complexity index is 284. The van der Waals surface area contributed by atoms with Crippen LogP contribution in [-0.4, -0.2) is 11.1 Å². The van der Waals surface area contributed by atoms with Crippen molar-refractivity contribution in [3.05, 3.63) is 24.3 Å². The van der Waals surface area contributed by atoms with Crippen LogP contribution in [0.4, 0.5) is 4.39 Å². The summed E-state index contributed by atoms with van der Waals surface area (Å²) in [6, 6.07) is 1.32. The van der Waals surface area contributed by atoms with Gasteiger partial charge in [-0.25, -0.2) is 4.39 Å². The first kappa shape index (κ1) is 8.48. The SMILES string of the molecule is Fc1ccncc1OC1CCCC1. The van der Waals surface area contributed by atoms with E-state index >= 15 is 0 Å². The molecule has 3 heteroatoms. The fraction of sp³-hybridized carbons (Fsp3) is 0.500. The van der Waals surface area contributed by atoms with Crippen LogP contribution >= 0.6 is 0 Å². The van der Waals surface area contributed by atoms with Gasteiger partial charge in [0.15, 0.2) is 11.6 Å². The Kier molecular flexibility index (Phi) is 2.43. The molecule has 0 radical (unpaired) electrons. The molecule has 0 unspecified atom stereocenters. The summed E-state index contributed by atoms with van der Waals surface area (Å²) in [5, 5.41) is 0. The molecule has 2 nitrogen and oxygen atoms in total. The summed E-state index contributed by atoms with van der Waals surface area (Å²) in [4.78, 5) is 3.82. The summed E-state index contributed by atoms with van der Waals surface area (Å²) in [7, 11) is 0. The molecule has 0 amide bonds. The Hall–Kier alpha value is -1.12. The van der Waals surface area contributed by atoms with Gasteiger partial charge in [0.25, 0.3) is 0 Å². The van der Waals surface area contributed by atoms with Crippen molar-refractivity contribution in [3.63, 3.8) is 0 Å². The molecule has 0 saturated heterocycles. The van der Waals surface area contributed by atoms with Gasteiger partial charge in [0.1, 0.15) is 0 Å². The first-order valence-corrected chi connectivity index (χ1v) is 4.62. The zero-order valence-electron chi connectivity index (χ0n) is 7.37. The van der Waals surface area contributed by atoms with Crippen LogP contribution in [-0.2, 0) is 0 Å². The fourth-order valence-electron chi connectivity index (χ4n) is 1.64. The minimum atomic E-state index is -0.318. The van der Waals surface area contributed by atoms with E-state index in [2.05, 4.69) is 4.98 Å². The Morgan fingerprint density at radius 2 is 2.15 bits per heavy atom. The maximum atomic E-state index is 13.1. The molecule has 1 fully saturated rings. The number of halogens is 1. The van der Waals surface area contributed by atoms with Crippen molar-refractivity contribution >= 4 is 0 Å². The first-order valence-electron chi connectivity index (χ1n) is 4.62. The minimum Gasteiger partial charge on any atom is -0.486 e. The summed E-state index contributed by atoms with van der Waals surface area (Å²) < 4.78 is 18.5. The van der Waals surface area contributed by atoms with E-state index in [-0.39, 0.29) is 17.7 Å². The van der Waals surface area contributed by atoms with Crippen LogP contribution in [0.1, 0.15) is 25.7 Å². The number of pyridine rings is 1. The lowest BCUT2D eigenvalue weighted by Crippen LogP contribution is -2.11. The molecule has 0 N–H and O–H groups in total. The molecule has 2 rings (SSSR count). The molecule has 1 heterocycles. The summed E-state index contributed by atoms with van der Waals surface area (Å²) in [5.74, 6) is -0.0312. The number of hydrogen-bond donors (Lipinski definition) is 0. The first-order chi connectivity index (χ1) is 6.36. The van der Waals surface area contributed by atoms with E-state index in [4.69, 9.17) is 4.74 Å². The Morgan fingerprint density at radius 1 is 1.38 bits per heavy atom. The molecule has 0 atom stereocenters. The van der Waals surface area contributed by atoms with Crippen LogP contribution in [0.15, 0.2) is 18.5 Å². The van der Waals surface area contributed by atoms with Crippen LogP contribution in [0.5, 0.6) is 5.75 Å². The van der Waals surface area contributed by atoms with Crippen LogP contribution < -0.4 is 4.74 Å². The van der Waals surface area contributed by atoms with Gasteiger partial charge in [-0.1, -0.05) is 0 Å². The van der Waals surface area contributed by atoms with E-state index in [9.17, 15) is 4.39 Å². The lowest BCUT2D eigenvalue weighted by molar-refractivity contribution is 0.200. The largest absolute Gasteiger partial charge is 0.486 e. The van der Waals surface area contributed by atoms with Crippen LogP contribution in [0.25, 0.3) is 0 Å². The lowest BCUT2D eigenvalue weighted by atomic mass is 10.3. The van der Waals surface area contributed by atoms with Crippen LogP contribution in [0, 0.1) is 5.82 Å². The van der Waals surface area contributed by atoms with Crippen molar-refractivity contribution in [1.82, 2.24) is 4.98 Å². The molecule has 1 aromatic rings. The van der Waals surface area contributed by atoms with Crippen molar-refractivity contribution < 1.29 is 9.13 Å². The highest BCUT2D eigenvalue weighted by Gasteiger charge is 2.17. The van der Waals surface area contributed by atoms with Gasteiger partial charge in [-0.05, 0) is 31.7 Å². The molecule has 13 heavy (non-hydrogen) atoms. The average molecular weight is 181 g/mol. The van der Waals surface area contributed by atoms with Gasteiger partial charge in [0, 0.05) is 6.20 Å². The number of ether oxygens (including phenoxy) is 1. The van der Waals surface area contributed by atoms with Crippen molar-refractivity contribution in [2.75, 3.05) is 0 Å². The molecule has 1 saturated carbocycles. The Labute approximate surface area is 76.7 Å². The maximum absolute atomic E-state index is 13.1. The molecular weight excluding hydrogens is 169 g/mol. The van der Waals surface area contributed by atoms with Gasteiger partial charge in [0.05, 0.1) is 12.3 Å². The smallest absolute Gasteiger partial charge is 0.173 e. The van der Waals surface area contributed by atoms with E-state index in [1.54, 1.807) is 0 Å². The number of hydrogen-bond acceptors (Lipinski definition) is 2. The van der Waals surface area contributed by atoms with E-state index in [1.807, 2.05) is 0 Å². The molecule has 70 valence electrons. The molecule has 0 aliphatic heterocycles. The van der Waals surface area contributed by atoms with Crippen molar-refractivity contribution in [2.45, 2.75) is 31.8 Å². The Morgan fingerprint density at radius 3 is 2.85 bits per heavy atom. The van der Waals surface area contributed by atoms with E-state index in [1.165, 1.54) is 31.3 Å². The van der Waals surface area contributed by atoms with Crippen molar-refractivity contribution in [1.29, 1.82) is 0 Å². The topological polar surface area (TPSA) is 22.1 Å². The van der Waals surface area contributed by atoms with E-state index < -0.39 is 0 Å². The quantitative estimate of drug-likeness (QED) is 0.699. The second-order valence-electron chi connectivity index (χ2n) is 3.33. The standard InChI is InChI=1S/C10H12FNO/c11-9-5-6-12-7-10(9)13-8-3-1-2-4-8/h5-8H,1-4H2. The monoisotopic (exact) mass is 181 g/mol. The fourth-order valence-corrected chi connectivity index (χ4v) is 1.64. The normalized spacial score (nSPS) is 17.6. The van der Waals surface area contributed by atoms with Crippen molar-refractivity contribution in [3.8, 4) is 5.75 Å². The third-order valence-corrected chi connectivity index (χ3v) is 2.33. The van der Waals surface area contributed by atoms with Crippen molar-refractivity contribution in [2.24, 2.45) is 0 Å². The third-order valence-electron chi connectivity index (χ3n) is 2.33. The van der Waals surface area contributed by atoms with Gasteiger partial charge in [-0.2, -0.15) is 0 Å². The summed E-state index contributed by atoms with van der Waals surface area (Å²) in [5.41, 5.74) is 0. The number of aromatic nitrogens is 1. The van der Waals surface area contributed by atoms with E-state index in [0.717, 1.165) is 12.8 Å². The second-order valence-corrected chi connectivity index (χ2v) is 3.33. The maximum Gasteiger partial charge on any atom is 0.173 e. The molecule has 0 aromatic carbocycles. The Balaban J connectivity index is 2.04. The van der Waals surface area contributed by atoms with Crippen LogP contribution in [0.2, 0.25) is 0 Å². The highest BCUT2D eigenvalue weighted by atomic mass is 19.1. The highest BCUT2D eigenvalue weighted by molar-refractivity contribution is 5.18. The molecule has 1 aliphatic carbocycles. The zero-order valence-corrected chi connectivity index (χ0v) is 7.37. The zero-order chi connectivity index (χ0) is 9.10. The van der Waals surface area contributed by atoms with E-state index in [0.29, 0.717) is 0 Å². The number of nitrogens with zero attached hydrogens (tertiary/aromatic N) is 1. The van der Waals surface area contributed by atoms with Crippen LogP contribution in [0.3, 0.4) is 0 Å². The molecule has 1 aromatic heterocycles. The number of rotatable bonds is 2. The van der Waals surface area contributed by atoms with Gasteiger partial charge < -0.3 is 4.74 Å². The highest BCUT2D eigenvalue weighted by Crippen LogP contribution is 2.24. The van der Waals surface area contributed by atoms with Gasteiger partial charge in [-0.3, -0.25) is 4.98 Å². The average Bonchev–Trinajstić information content (AvgIpc) is 2.61. The molecule has 0 spiro atoms. The molecule has 0 bridgehead atoms. The second kappa shape index (κ2) is 3.73.